The molecule has 1 aromatic rings. The Morgan fingerprint density at radius 2 is 2.06 bits per heavy atom. The minimum atomic E-state index is -4.32. The van der Waals surface area contributed by atoms with Crippen molar-refractivity contribution in [3.05, 3.63) is 35.4 Å². The van der Waals surface area contributed by atoms with Crippen LogP contribution in [0.3, 0.4) is 0 Å². The lowest BCUT2D eigenvalue weighted by Crippen LogP contribution is -2.49. The van der Waals surface area contributed by atoms with E-state index in [0.29, 0.717) is 5.56 Å². The second-order valence-electron chi connectivity index (χ2n) is 4.39. The molecule has 0 spiro atoms. The van der Waals surface area contributed by atoms with Crippen LogP contribution < -0.4 is 5.32 Å². The molecule has 0 radical (unpaired) electrons. The lowest BCUT2D eigenvalue weighted by Gasteiger charge is -2.31. The Morgan fingerprint density at radius 3 is 2.59 bits per heavy atom. The fourth-order valence-electron chi connectivity index (χ4n) is 1.87. The maximum atomic E-state index is 12.5. The summed E-state index contributed by atoms with van der Waals surface area (Å²) in [5.41, 5.74) is -0.131. The Bertz CT molecular complexity index is 388. The van der Waals surface area contributed by atoms with Crippen molar-refractivity contribution in [3.63, 3.8) is 0 Å². The van der Waals surface area contributed by atoms with Gasteiger partial charge in [0.2, 0.25) is 0 Å². The number of aliphatic hydroxyl groups excluding tert-OH is 1. The van der Waals surface area contributed by atoms with Crippen LogP contribution in [0.5, 0.6) is 0 Å². The SMILES string of the molecule is OC(Cc1cccc(C(F)(F)F)c1)C1CNC1. The molecule has 0 bridgehead atoms. The lowest BCUT2D eigenvalue weighted by atomic mass is 9.91. The number of nitrogens with one attached hydrogen (secondary N) is 1. The second kappa shape index (κ2) is 4.66. The van der Waals surface area contributed by atoms with Gasteiger partial charge in [-0.05, 0) is 18.1 Å². The van der Waals surface area contributed by atoms with Crippen LogP contribution in [-0.2, 0) is 12.6 Å². The van der Waals surface area contributed by atoms with Gasteiger partial charge in [0.25, 0.3) is 0 Å². The number of hydrogen-bond acceptors (Lipinski definition) is 2. The van der Waals surface area contributed by atoms with E-state index in [2.05, 4.69) is 5.32 Å². The van der Waals surface area contributed by atoms with E-state index in [9.17, 15) is 18.3 Å². The van der Waals surface area contributed by atoms with Gasteiger partial charge >= 0.3 is 6.18 Å². The van der Waals surface area contributed by atoms with E-state index >= 15 is 0 Å². The molecule has 0 aromatic heterocycles. The van der Waals surface area contributed by atoms with Crippen molar-refractivity contribution in [2.75, 3.05) is 13.1 Å². The summed E-state index contributed by atoms with van der Waals surface area (Å²) < 4.78 is 37.4. The second-order valence-corrected chi connectivity index (χ2v) is 4.39. The summed E-state index contributed by atoms with van der Waals surface area (Å²) in [7, 11) is 0. The van der Waals surface area contributed by atoms with Crippen molar-refractivity contribution in [2.24, 2.45) is 5.92 Å². The van der Waals surface area contributed by atoms with Crippen molar-refractivity contribution in [3.8, 4) is 0 Å². The molecule has 2 nitrogen and oxygen atoms in total. The van der Waals surface area contributed by atoms with Crippen molar-refractivity contribution < 1.29 is 18.3 Å². The number of aliphatic hydroxyl groups is 1. The third-order valence-electron chi connectivity index (χ3n) is 3.06. The maximum absolute atomic E-state index is 12.5. The molecule has 1 unspecified atom stereocenters. The minimum absolute atomic E-state index is 0.157. The molecule has 17 heavy (non-hydrogen) atoms. The smallest absolute Gasteiger partial charge is 0.392 e. The van der Waals surface area contributed by atoms with Crippen LogP contribution in [0.15, 0.2) is 24.3 Å². The fourth-order valence-corrected chi connectivity index (χ4v) is 1.87. The van der Waals surface area contributed by atoms with Gasteiger partial charge in [0.15, 0.2) is 0 Å². The molecule has 2 N–H and O–H groups in total. The van der Waals surface area contributed by atoms with Gasteiger partial charge in [0, 0.05) is 19.0 Å². The summed E-state index contributed by atoms with van der Waals surface area (Å²) in [6.45, 7) is 1.47. The van der Waals surface area contributed by atoms with E-state index in [1.54, 1.807) is 6.07 Å². The van der Waals surface area contributed by atoms with Gasteiger partial charge in [-0.2, -0.15) is 13.2 Å². The molecule has 1 aliphatic heterocycles. The third-order valence-corrected chi connectivity index (χ3v) is 3.06. The van der Waals surface area contributed by atoms with Crippen LogP contribution in [0.4, 0.5) is 13.2 Å². The number of benzene rings is 1. The van der Waals surface area contributed by atoms with E-state index in [0.717, 1.165) is 25.2 Å². The first-order chi connectivity index (χ1) is 7.97. The molecular weight excluding hydrogens is 231 g/mol. The first-order valence-electron chi connectivity index (χ1n) is 5.52. The van der Waals surface area contributed by atoms with Gasteiger partial charge < -0.3 is 10.4 Å². The third kappa shape index (κ3) is 2.98. The van der Waals surface area contributed by atoms with Crippen LogP contribution in [0.1, 0.15) is 11.1 Å². The first-order valence-corrected chi connectivity index (χ1v) is 5.52. The summed E-state index contributed by atoms with van der Waals surface area (Å²) in [4.78, 5) is 0. The zero-order valence-electron chi connectivity index (χ0n) is 9.17. The normalized spacial score (nSPS) is 18.8. The van der Waals surface area contributed by atoms with Gasteiger partial charge in [-0.1, -0.05) is 18.2 Å². The summed E-state index contributed by atoms with van der Waals surface area (Å²) in [6.07, 6.45) is -4.62. The van der Waals surface area contributed by atoms with E-state index in [1.165, 1.54) is 6.07 Å². The summed E-state index contributed by atoms with van der Waals surface area (Å²) in [5, 5.41) is 12.8. The zero-order valence-corrected chi connectivity index (χ0v) is 9.17. The van der Waals surface area contributed by atoms with Crippen LogP contribution in [0, 0.1) is 5.92 Å². The predicted octanol–water partition coefficient (Wildman–Crippen LogP) is 1.83. The molecule has 94 valence electrons. The zero-order chi connectivity index (χ0) is 12.5. The standard InChI is InChI=1S/C12H14F3NO/c13-12(14,15)10-3-1-2-8(4-10)5-11(17)9-6-16-7-9/h1-4,9,11,16-17H,5-7H2. The molecule has 1 heterocycles. The van der Waals surface area contributed by atoms with Crippen LogP contribution in [0.25, 0.3) is 0 Å². The number of rotatable bonds is 3. The number of alkyl halides is 3. The van der Waals surface area contributed by atoms with Crippen LogP contribution >= 0.6 is 0 Å². The van der Waals surface area contributed by atoms with Crippen molar-refractivity contribution in [1.29, 1.82) is 0 Å². The Labute approximate surface area is 97.5 Å². The van der Waals surface area contributed by atoms with Gasteiger partial charge in [-0.3, -0.25) is 0 Å². The summed E-state index contributed by atoms with van der Waals surface area (Å²) in [6, 6.07) is 5.14. The average molecular weight is 245 g/mol. The Kier molecular flexibility index (Phi) is 3.40. The topological polar surface area (TPSA) is 32.3 Å². The summed E-state index contributed by atoms with van der Waals surface area (Å²) >= 11 is 0. The highest BCUT2D eigenvalue weighted by Crippen LogP contribution is 2.30. The molecule has 1 saturated heterocycles. The van der Waals surface area contributed by atoms with Gasteiger partial charge in [0.05, 0.1) is 11.7 Å². The molecule has 1 fully saturated rings. The Morgan fingerprint density at radius 1 is 1.35 bits per heavy atom. The van der Waals surface area contributed by atoms with Crippen molar-refractivity contribution in [1.82, 2.24) is 5.32 Å². The minimum Gasteiger partial charge on any atom is -0.392 e. The van der Waals surface area contributed by atoms with Gasteiger partial charge in [-0.25, -0.2) is 0 Å². The van der Waals surface area contributed by atoms with E-state index in [-0.39, 0.29) is 12.3 Å². The lowest BCUT2D eigenvalue weighted by molar-refractivity contribution is -0.137. The van der Waals surface area contributed by atoms with E-state index in [1.807, 2.05) is 0 Å². The highest BCUT2D eigenvalue weighted by atomic mass is 19.4. The van der Waals surface area contributed by atoms with Crippen molar-refractivity contribution in [2.45, 2.75) is 18.7 Å². The molecule has 1 aliphatic rings. The van der Waals surface area contributed by atoms with E-state index in [4.69, 9.17) is 0 Å². The van der Waals surface area contributed by atoms with Crippen LogP contribution in [0.2, 0.25) is 0 Å². The number of hydrogen-bond donors (Lipinski definition) is 2. The molecule has 0 amide bonds. The summed E-state index contributed by atoms with van der Waals surface area (Å²) in [5.74, 6) is 0.157. The maximum Gasteiger partial charge on any atom is 0.416 e. The molecule has 1 atom stereocenters. The predicted molar refractivity (Wildman–Crippen MR) is 57.5 cm³/mol. The Balaban J connectivity index is 2.05. The Hall–Kier alpha value is -1.07. The number of halogens is 3. The fraction of sp³-hybridized carbons (Fsp3) is 0.500. The molecule has 0 saturated carbocycles. The molecule has 2 rings (SSSR count). The first kappa shape index (κ1) is 12.4. The molecule has 1 aromatic carbocycles. The largest absolute Gasteiger partial charge is 0.416 e. The van der Waals surface area contributed by atoms with Crippen molar-refractivity contribution >= 4 is 0 Å². The van der Waals surface area contributed by atoms with Crippen LogP contribution in [-0.4, -0.2) is 24.3 Å². The molecular formula is C12H14F3NO. The highest BCUT2D eigenvalue weighted by Gasteiger charge is 2.31. The monoisotopic (exact) mass is 245 g/mol. The van der Waals surface area contributed by atoms with Gasteiger partial charge in [-0.15, -0.1) is 0 Å². The quantitative estimate of drug-likeness (QED) is 0.851. The average Bonchev–Trinajstić information content (AvgIpc) is 2.13. The molecule has 5 heteroatoms. The highest BCUT2D eigenvalue weighted by molar-refractivity contribution is 5.26. The van der Waals surface area contributed by atoms with Gasteiger partial charge in [0.1, 0.15) is 0 Å². The molecule has 0 aliphatic carbocycles. The van der Waals surface area contributed by atoms with E-state index < -0.39 is 17.8 Å².